The Kier molecular flexibility index (Phi) is 7.15. The second kappa shape index (κ2) is 7.50. The molecule has 17 heavy (non-hydrogen) atoms. The first-order chi connectivity index (χ1) is 7.54. The summed E-state index contributed by atoms with van der Waals surface area (Å²) in [6, 6.07) is -0.118. The van der Waals surface area contributed by atoms with Crippen LogP contribution in [0.25, 0.3) is 0 Å². The van der Waals surface area contributed by atoms with E-state index in [1.165, 1.54) is 0 Å². The molecule has 3 N–H and O–H groups in total. The lowest BCUT2D eigenvalue weighted by Gasteiger charge is -2.32. The van der Waals surface area contributed by atoms with Gasteiger partial charge in [0.2, 0.25) is 11.8 Å². The molecule has 5 nitrogen and oxygen atoms in total. The molecule has 1 fully saturated rings. The smallest absolute Gasteiger partial charge is 0.224 e. The summed E-state index contributed by atoms with van der Waals surface area (Å²) in [6.07, 6.45) is 2.12. The zero-order chi connectivity index (χ0) is 12.1. The summed E-state index contributed by atoms with van der Waals surface area (Å²) in [6.45, 7) is 3.10. The zero-order valence-corrected chi connectivity index (χ0v) is 11.3. The minimum absolute atomic E-state index is 0. The molecule has 0 saturated carbocycles. The van der Waals surface area contributed by atoms with E-state index in [1.54, 1.807) is 11.9 Å². The highest BCUT2D eigenvalue weighted by Gasteiger charge is 2.27. The molecule has 6 heteroatoms. The van der Waals surface area contributed by atoms with Gasteiger partial charge in [-0.1, -0.05) is 0 Å². The molecule has 1 heterocycles. The lowest BCUT2D eigenvalue weighted by Crippen LogP contribution is -2.45. The van der Waals surface area contributed by atoms with Crippen molar-refractivity contribution >= 4 is 24.2 Å². The first-order valence-electron chi connectivity index (χ1n) is 5.79. The van der Waals surface area contributed by atoms with Gasteiger partial charge in [0.1, 0.15) is 0 Å². The van der Waals surface area contributed by atoms with Crippen molar-refractivity contribution in [3.05, 3.63) is 0 Å². The third kappa shape index (κ3) is 4.91. The van der Waals surface area contributed by atoms with E-state index >= 15 is 0 Å². The van der Waals surface area contributed by atoms with Crippen LogP contribution >= 0.6 is 12.4 Å². The lowest BCUT2D eigenvalue weighted by atomic mass is 9.97. The molecule has 1 aliphatic rings. The third-order valence-corrected chi connectivity index (χ3v) is 2.89. The van der Waals surface area contributed by atoms with Gasteiger partial charge < -0.3 is 16.0 Å². The maximum atomic E-state index is 11.8. The van der Waals surface area contributed by atoms with Crippen molar-refractivity contribution in [2.45, 2.75) is 32.2 Å². The van der Waals surface area contributed by atoms with Crippen LogP contribution in [-0.4, -0.2) is 42.9 Å². The first kappa shape index (κ1) is 16.2. The molecule has 1 saturated heterocycles. The van der Waals surface area contributed by atoms with Gasteiger partial charge in [-0.25, -0.2) is 0 Å². The summed E-state index contributed by atoms with van der Waals surface area (Å²) in [4.78, 5) is 25.0. The number of carbonyl (C=O) groups excluding carboxylic acids is 2. The molecule has 0 bridgehead atoms. The second-order valence-electron chi connectivity index (χ2n) is 4.47. The molecule has 0 aromatic rings. The normalized spacial score (nSPS) is 21.4. The van der Waals surface area contributed by atoms with Crippen LogP contribution in [0.3, 0.4) is 0 Å². The molecule has 0 aromatic carbocycles. The van der Waals surface area contributed by atoms with E-state index < -0.39 is 0 Å². The predicted octanol–water partition coefficient (Wildman–Crippen LogP) is 0.130. The number of piperidine rings is 1. The van der Waals surface area contributed by atoms with Gasteiger partial charge in [0.15, 0.2) is 0 Å². The molecule has 0 aromatic heterocycles. The summed E-state index contributed by atoms with van der Waals surface area (Å²) in [7, 11) is 1.63. The maximum absolute atomic E-state index is 11.8. The molecule has 0 radical (unpaired) electrons. The summed E-state index contributed by atoms with van der Waals surface area (Å²) < 4.78 is 0. The summed E-state index contributed by atoms with van der Waals surface area (Å²) in [5, 5.41) is 2.63. The Balaban J connectivity index is 0.00000256. The zero-order valence-electron chi connectivity index (χ0n) is 10.4. The van der Waals surface area contributed by atoms with E-state index in [0.717, 1.165) is 19.4 Å². The monoisotopic (exact) mass is 263 g/mol. The van der Waals surface area contributed by atoms with E-state index in [-0.39, 0.29) is 36.2 Å². The quantitative estimate of drug-likeness (QED) is 0.760. The fraction of sp³-hybridized carbons (Fsp3) is 0.818. The van der Waals surface area contributed by atoms with E-state index in [0.29, 0.717) is 13.0 Å². The Morgan fingerprint density at radius 2 is 2.18 bits per heavy atom. The number of hydrogen-bond donors (Lipinski definition) is 2. The molecule has 2 unspecified atom stereocenters. The maximum Gasteiger partial charge on any atom is 0.224 e. The van der Waals surface area contributed by atoms with Gasteiger partial charge in [0.05, 0.1) is 5.92 Å². The molecule has 100 valence electrons. The highest BCUT2D eigenvalue weighted by Crippen LogP contribution is 2.17. The van der Waals surface area contributed by atoms with Crippen molar-refractivity contribution in [2.75, 3.05) is 20.1 Å². The van der Waals surface area contributed by atoms with Gasteiger partial charge >= 0.3 is 0 Å². The number of hydrogen-bond acceptors (Lipinski definition) is 3. The van der Waals surface area contributed by atoms with Crippen molar-refractivity contribution in [3.8, 4) is 0 Å². The number of halogens is 1. The number of carbonyl (C=O) groups is 2. The van der Waals surface area contributed by atoms with Crippen LogP contribution in [0.5, 0.6) is 0 Å². The number of nitrogens with zero attached hydrogens (tertiary/aromatic N) is 1. The average molecular weight is 264 g/mol. The van der Waals surface area contributed by atoms with Crippen LogP contribution in [0, 0.1) is 5.92 Å². The Hall–Kier alpha value is -0.810. The largest absolute Gasteiger partial charge is 0.359 e. The highest BCUT2D eigenvalue weighted by molar-refractivity contribution is 5.85. The minimum Gasteiger partial charge on any atom is -0.359 e. The third-order valence-electron chi connectivity index (χ3n) is 2.89. The van der Waals surface area contributed by atoms with Crippen molar-refractivity contribution < 1.29 is 9.59 Å². The van der Waals surface area contributed by atoms with Crippen LogP contribution < -0.4 is 11.1 Å². The minimum atomic E-state index is -0.118. The highest BCUT2D eigenvalue weighted by atomic mass is 35.5. The molecule has 2 atom stereocenters. The first-order valence-corrected chi connectivity index (χ1v) is 5.79. The van der Waals surface area contributed by atoms with Gasteiger partial charge in [0.25, 0.3) is 0 Å². The van der Waals surface area contributed by atoms with Gasteiger partial charge in [0, 0.05) is 32.6 Å². The van der Waals surface area contributed by atoms with Gasteiger partial charge in [-0.3, -0.25) is 9.59 Å². The molecular formula is C11H22ClN3O2. The average Bonchev–Trinajstić information content (AvgIpc) is 2.27. The fourth-order valence-corrected chi connectivity index (χ4v) is 2.03. The topological polar surface area (TPSA) is 75.4 Å². The second-order valence-corrected chi connectivity index (χ2v) is 4.47. The van der Waals surface area contributed by atoms with Crippen molar-refractivity contribution in [3.63, 3.8) is 0 Å². The number of nitrogens with two attached hydrogens (primary N) is 1. The summed E-state index contributed by atoms with van der Waals surface area (Å²) in [5.74, 6) is 0.0256. The summed E-state index contributed by atoms with van der Waals surface area (Å²) in [5.41, 5.74) is 5.59. The Labute approximate surface area is 109 Å². The number of likely N-dealkylation sites (tertiary alicyclic amines) is 1. The van der Waals surface area contributed by atoms with E-state index in [4.69, 9.17) is 5.73 Å². The molecule has 1 aliphatic heterocycles. The van der Waals surface area contributed by atoms with Crippen LogP contribution in [0.4, 0.5) is 0 Å². The van der Waals surface area contributed by atoms with E-state index in [1.807, 2.05) is 6.92 Å². The van der Waals surface area contributed by atoms with Crippen LogP contribution in [0.15, 0.2) is 0 Å². The molecular weight excluding hydrogens is 242 g/mol. The molecule has 0 spiro atoms. The Morgan fingerprint density at radius 3 is 2.71 bits per heavy atom. The standard InChI is InChI=1S/C11H21N3O2.ClH/c1-8(12)6-10(15)14-5-3-4-9(7-14)11(16)13-2;/h8-9H,3-7,12H2,1-2H3,(H,13,16);1H. The van der Waals surface area contributed by atoms with Gasteiger partial charge in [-0.05, 0) is 19.8 Å². The van der Waals surface area contributed by atoms with Gasteiger partial charge in [-0.15, -0.1) is 12.4 Å². The number of amides is 2. The van der Waals surface area contributed by atoms with Gasteiger partial charge in [-0.2, -0.15) is 0 Å². The van der Waals surface area contributed by atoms with Crippen LogP contribution in [0.2, 0.25) is 0 Å². The van der Waals surface area contributed by atoms with Crippen LogP contribution in [-0.2, 0) is 9.59 Å². The fourth-order valence-electron chi connectivity index (χ4n) is 2.03. The Morgan fingerprint density at radius 1 is 1.53 bits per heavy atom. The predicted molar refractivity (Wildman–Crippen MR) is 68.9 cm³/mol. The molecule has 0 aliphatic carbocycles. The Bertz CT molecular complexity index is 271. The van der Waals surface area contributed by atoms with E-state index in [2.05, 4.69) is 5.32 Å². The SMILES string of the molecule is CNC(=O)C1CCCN(C(=O)CC(C)N)C1.Cl. The van der Waals surface area contributed by atoms with E-state index in [9.17, 15) is 9.59 Å². The molecule has 1 rings (SSSR count). The lowest BCUT2D eigenvalue weighted by molar-refractivity contribution is -0.135. The van der Waals surface area contributed by atoms with Crippen molar-refractivity contribution in [2.24, 2.45) is 11.7 Å². The van der Waals surface area contributed by atoms with Crippen LogP contribution in [0.1, 0.15) is 26.2 Å². The number of nitrogens with one attached hydrogen (secondary N) is 1. The van der Waals surface area contributed by atoms with Crippen molar-refractivity contribution in [1.82, 2.24) is 10.2 Å². The summed E-state index contributed by atoms with van der Waals surface area (Å²) >= 11 is 0. The molecule has 2 amide bonds. The van der Waals surface area contributed by atoms with Crippen molar-refractivity contribution in [1.29, 1.82) is 0 Å². The number of rotatable bonds is 3.